The van der Waals surface area contributed by atoms with E-state index in [0.717, 1.165) is 18.9 Å². The Hall–Kier alpha value is -1.49. The first-order valence-corrected chi connectivity index (χ1v) is 7.68. The summed E-state index contributed by atoms with van der Waals surface area (Å²) in [5.41, 5.74) is 0.153. The molecule has 2 aliphatic rings. The number of halogens is 2. The minimum atomic E-state index is -0.893. The first-order chi connectivity index (χ1) is 10.2. The van der Waals surface area contributed by atoms with Crippen LogP contribution in [0.1, 0.15) is 45.1 Å². The standard InChI is InChI=1S/C17H21F2NO2/c1-17(2,3)20-12-6-7-13(20)15(16(21)22)14(12)10-5-4-9(18)8-11(10)19/h4-5,8,12-15H,6-7H2,1-3H3,(H,21,22)/t12-,13+,14+,15-/m0/s1. The van der Waals surface area contributed by atoms with Gasteiger partial charge in [0.15, 0.2) is 0 Å². The number of benzene rings is 1. The van der Waals surface area contributed by atoms with E-state index in [2.05, 4.69) is 25.7 Å². The first-order valence-electron chi connectivity index (χ1n) is 7.68. The Morgan fingerprint density at radius 2 is 1.86 bits per heavy atom. The Morgan fingerprint density at radius 1 is 1.23 bits per heavy atom. The molecule has 3 rings (SSSR count). The number of hydrogen-bond acceptors (Lipinski definition) is 2. The van der Waals surface area contributed by atoms with E-state index >= 15 is 0 Å². The van der Waals surface area contributed by atoms with Crippen LogP contribution in [0.25, 0.3) is 0 Å². The summed E-state index contributed by atoms with van der Waals surface area (Å²) >= 11 is 0. The molecule has 0 unspecified atom stereocenters. The molecule has 2 heterocycles. The summed E-state index contributed by atoms with van der Waals surface area (Å²) in [6.07, 6.45) is 1.67. The summed E-state index contributed by atoms with van der Waals surface area (Å²) in [7, 11) is 0. The normalized spacial score (nSPS) is 31.7. The quantitative estimate of drug-likeness (QED) is 0.910. The van der Waals surface area contributed by atoms with Crippen molar-refractivity contribution < 1.29 is 18.7 Å². The zero-order chi connectivity index (χ0) is 16.2. The monoisotopic (exact) mass is 309 g/mol. The second kappa shape index (κ2) is 5.01. The van der Waals surface area contributed by atoms with Gasteiger partial charge in [0.05, 0.1) is 5.92 Å². The number of fused-ring (bicyclic) bond motifs is 2. The maximum absolute atomic E-state index is 14.2. The molecule has 120 valence electrons. The molecule has 2 fully saturated rings. The van der Waals surface area contributed by atoms with E-state index in [1.807, 2.05) is 0 Å². The summed E-state index contributed by atoms with van der Waals surface area (Å²) in [6.45, 7) is 6.17. The Kier molecular flexibility index (Phi) is 3.51. The fourth-order valence-corrected chi connectivity index (χ4v) is 4.54. The summed E-state index contributed by atoms with van der Waals surface area (Å²) < 4.78 is 27.4. The van der Waals surface area contributed by atoms with E-state index < -0.39 is 29.4 Å². The molecule has 2 bridgehead atoms. The van der Waals surface area contributed by atoms with Crippen molar-refractivity contribution >= 4 is 5.97 Å². The molecule has 0 saturated carbocycles. The molecule has 5 heteroatoms. The molecule has 4 atom stereocenters. The molecular weight excluding hydrogens is 288 g/mol. The number of carboxylic acid groups (broad SMARTS) is 1. The van der Waals surface area contributed by atoms with Gasteiger partial charge < -0.3 is 5.11 Å². The largest absolute Gasteiger partial charge is 0.481 e. The van der Waals surface area contributed by atoms with Gasteiger partial charge in [0.1, 0.15) is 11.6 Å². The van der Waals surface area contributed by atoms with Gasteiger partial charge in [0.25, 0.3) is 0 Å². The zero-order valence-corrected chi connectivity index (χ0v) is 13.0. The molecule has 0 radical (unpaired) electrons. The highest BCUT2D eigenvalue weighted by atomic mass is 19.1. The fraction of sp³-hybridized carbons (Fsp3) is 0.588. The minimum Gasteiger partial charge on any atom is -0.481 e. The molecule has 22 heavy (non-hydrogen) atoms. The lowest BCUT2D eigenvalue weighted by molar-refractivity contribution is -0.143. The van der Waals surface area contributed by atoms with Crippen LogP contribution >= 0.6 is 0 Å². The van der Waals surface area contributed by atoms with Crippen LogP contribution in [0.5, 0.6) is 0 Å². The van der Waals surface area contributed by atoms with Crippen LogP contribution in [0.4, 0.5) is 8.78 Å². The van der Waals surface area contributed by atoms with Gasteiger partial charge in [-0.2, -0.15) is 0 Å². The highest BCUT2D eigenvalue weighted by Gasteiger charge is 2.59. The van der Waals surface area contributed by atoms with Gasteiger partial charge in [-0.15, -0.1) is 0 Å². The molecular formula is C17H21F2NO2. The maximum atomic E-state index is 14.2. The topological polar surface area (TPSA) is 40.5 Å². The van der Waals surface area contributed by atoms with Crippen LogP contribution in [0.3, 0.4) is 0 Å². The van der Waals surface area contributed by atoms with Gasteiger partial charge in [-0.05, 0) is 45.2 Å². The smallest absolute Gasteiger partial charge is 0.308 e. The van der Waals surface area contributed by atoms with E-state index in [0.29, 0.717) is 5.56 Å². The lowest BCUT2D eigenvalue weighted by Crippen LogP contribution is -2.46. The minimum absolute atomic E-state index is 0.00828. The summed E-state index contributed by atoms with van der Waals surface area (Å²) in [5.74, 6) is -3.23. The fourth-order valence-electron chi connectivity index (χ4n) is 4.54. The Balaban J connectivity index is 2.08. The molecule has 2 aliphatic heterocycles. The molecule has 0 aliphatic carbocycles. The third kappa shape index (κ3) is 2.22. The number of carboxylic acids is 1. The molecule has 0 amide bonds. The number of hydrogen-bond donors (Lipinski definition) is 1. The molecule has 1 N–H and O–H groups in total. The first kappa shape index (κ1) is 15.4. The maximum Gasteiger partial charge on any atom is 0.308 e. The van der Waals surface area contributed by atoms with E-state index in [-0.39, 0.29) is 17.6 Å². The highest BCUT2D eigenvalue weighted by Crippen LogP contribution is 2.53. The zero-order valence-electron chi connectivity index (χ0n) is 13.0. The molecule has 0 aromatic heterocycles. The summed E-state index contributed by atoms with van der Waals surface area (Å²) in [6, 6.07) is 3.38. The third-order valence-corrected chi connectivity index (χ3v) is 5.07. The van der Waals surface area contributed by atoms with Crippen molar-refractivity contribution in [3.63, 3.8) is 0 Å². The second-order valence-corrected chi connectivity index (χ2v) is 7.35. The Morgan fingerprint density at radius 3 is 2.41 bits per heavy atom. The van der Waals surface area contributed by atoms with E-state index in [1.54, 1.807) is 0 Å². The predicted molar refractivity (Wildman–Crippen MR) is 78.6 cm³/mol. The Labute approximate surface area is 128 Å². The third-order valence-electron chi connectivity index (χ3n) is 5.07. The Bertz CT molecular complexity index is 611. The molecule has 0 spiro atoms. The van der Waals surface area contributed by atoms with Gasteiger partial charge in [0.2, 0.25) is 0 Å². The molecule has 3 nitrogen and oxygen atoms in total. The SMILES string of the molecule is CC(C)(C)N1[C@@H]2CC[C@H]1[C@@H](c1ccc(F)cc1F)[C@H]2C(=O)O. The van der Waals surface area contributed by atoms with Crippen LogP contribution in [-0.2, 0) is 4.79 Å². The molecule has 2 saturated heterocycles. The molecule has 1 aromatic rings. The number of nitrogens with zero attached hydrogens (tertiary/aromatic N) is 1. The average Bonchev–Trinajstić information content (AvgIpc) is 2.93. The van der Waals surface area contributed by atoms with Crippen molar-refractivity contribution in [2.24, 2.45) is 5.92 Å². The second-order valence-electron chi connectivity index (χ2n) is 7.35. The van der Waals surface area contributed by atoms with Crippen molar-refractivity contribution in [2.75, 3.05) is 0 Å². The van der Waals surface area contributed by atoms with Crippen LogP contribution in [0.15, 0.2) is 18.2 Å². The summed E-state index contributed by atoms with van der Waals surface area (Å²) in [4.78, 5) is 14.0. The van der Waals surface area contributed by atoms with Gasteiger partial charge in [-0.3, -0.25) is 9.69 Å². The lowest BCUT2D eigenvalue weighted by atomic mass is 9.75. The van der Waals surface area contributed by atoms with E-state index in [4.69, 9.17) is 0 Å². The number of carbonyl (C=O) groups is 1. The summed E-state index contributed by atoms with van der Waals surface area (Å²) in [5, 5.41) is 9.67. The van der Waals surface area contributed by atoms with Crippen molar-refractivity contribution in [1.29, 1.82) is 0 Å². The van der Waals surface area contributed by atoms with Crippen molar-refractivity contribution in [3.8, 4) is 0 Å². The lowest BCUT2D eigenvalue weighted by Gasteiger charge is -2.37. The molecule has 1 aromatic carbocycles. The van der Waals surface area contributed by atoms with E-state index in [1.165, 1.54) is 12.1 Å². The van der Waals surface area contributed by atoms with Crippen molar-refractivity contribution in [1.82, 2.24) is 4.90 Å². The van der Waals surface area contributed by atoms with Gasteiger partial charge in [-0.1, -0.05) is 6.07 Å². The van der Waals surface area contributed by atoms with E-state index in [9.17, 15) is 18.7 Å². The number of rotatable bonds is 2. The predicted octanol–water partition coefficient (Wildman–Crippen LogP) is 3.39. The van der Waals surface area contributed by atoms with Gasteiger partial charge in [0, 0.05) is 29.6 Å². The van der Waals surface area contributed by atoms with Gasteiger partial charge >= 0.3 is 5.97 Å². The highest BCUT2D eigenvalue weighted by molar-refractivity contribution is 5.74. The van der Waals surface area contributed by atoms with Crippen LogP contribution in [0.2, 0.25) is 0 Å². The van der Waals surface area contributed by atoms with Crippen LogP contribution in [-0.4, -0.2) is 33.6 Å². The van der Waals surface area contributed by atoms with Crippen molar-refractivity contribution in [2.45, 2.75) is 57.2 Å². The number of aliphatic carboxylic acids is 1. The van der Waals surface area contributed by atoms with Crippen LogP contribution in [0, 0.1) is 17.6 Å². The van der Waals surface area contributed by atoms with Gasteiger partial charge in [-0.25, -0.2) is 8.78 Å². The van der Waals surface area contributed by atoms with Crippen LogP contribution < -0.4 is 0 Å². The van der Waals surface area contributed by atoms with Crippen molar-refractivity contribution in [3.05, 3.63) is 35.4 Å². The average molecular weight is 309 g/mol.